The second-order valence-corrected chi connectivity index (χ2v) is 8.60. The maximum absolute atomic E-state index is 12.2. The molecular formula is C19H27IN2O3. The van der Waals surface area contributed by atoms with E-state index in [1.54, 1.807) is 4.90 Å². The van der Waals surface area contributed by atoms with Gasteiger partial charge in [-0.05, 0) is 80.8 Å². The van der Waals surface area contributed by atoms with Gasteiger partial charge in [-0.25, -0.2) is 4.79 Å². The van der Waals surface area contributed by atoms with Gasteiger partial charge in [-0.15, -0.1) is 0 Å². The summed E-state index contributed by atoms with van der Waals surface area (Å²) in [4.78, 5) is 27.8. The van der Waals surface area contributed by atoms with E-state index < -0.39 is 5.60 Å². The van der Waals surface area contributed by atoms with E-state index in [0.29, 0.717) is 13.1 Å². The zero-order chi connectivity index (χ0) is 18.9. The second-order valence-electron chi connectivity index (χ2n) is 7.52. The third-order valence-electron chi connectivity index (χ3n) is 4.54. The van der Waals surface area contributed by atoms with E-state index in [-0.39, 0.29) is 6.09 Å². The maximum atomic E-state index is 12.2. The molecule has 2 rings (SSSR count). The highest BCUT2D eigenvalue weighted by molar-refractivity contribution is 14.1. The van der Waals surface area contributed by atoms with Gasteiger partial charge in [0, 0.05) is 41.0 Å². The minimum absolute atomic E-state index is 0.257. The number of carbonyl (C=O) groups is 2. The summed E-state index contributed by atoms with van der Waals surface area (Å²) in [5.41, 5.74) is 4.69. The third-order valence-corrected chi connectivity index (χ3v) is 6.16. The van der Waals surface area contributed by atoms with Crippen LogP contribution in [0.2, 0.25) is 0 Å². The van der Waals surface area contributed by atoms with Gasteiger partial charge in [0.15, 0.2) is 6.29 Å². The molecule has 0 saturated carbocycles. The summed E-state index contributed by atoms with van der Waals surface area (Å²) >= 11 is 2.32. The van der Waals surface area contributed by atoms with Crippen LogP contribution in [0.15, 0.2) is 0 Å². The summed E-state index contributed by atoms with van der Waals surface area (Å²) in [5, 5.41) is 0. The molecule has 5 nitrogen and oxygen atoms in total. The second kappa shape index (κ2) is 7.51. The number of halogens is 1. The van der Waals surface area contributed by atoms with Gasteiger partial charge in [-0.1, -0.05) is 0 Å². The number of carbonyl (C=O) groups excluding carboxylic acids is 2. The Balaban J connectivity index is 2.20. The quantitative estimate of drug-likeness (QED) is 0.495. The first-order valence-corrected chi connectivity index (χ1v) is 9.62. The largest absolute Gasteiger partial charge is 0.444 e. The molecule has 6 heteroatoms. The molecule has 1 heterocycles. The van der Waals surface area contributed by atoms with Gasteiger partial charge < -0.3 is 14.5 Å². The normalized spacial score (nSPS) is 15.3. The fourth-order valence-corrected chi connectivity index (χ4v) is 3.83. The molecule has 1 amide bonds. The Morgan fingerprint density at radius 3 is 2.08 bits per heavy atom. The molecule has 0 unspecified atom stereocenters. The van der Waals surface area contributed by atoms with Crippen LogP contribution in [0.5, 0.6) is 0 Å². The number of hydrogen-bond donors (Lipinski definition) is 0. The summed E-state index contributed by atoms with van der Waals surface area (Å²) in [6.07, 6.45) is 0.694. The summed E-state index contributed by atoms with van der Waals surface area (Å²) in [5.74, 6) is 0. The number of anilines is 1. The fourth-order valence-electron chi connectivity index (χ4n) is 3.28. The molecule has 25 heavy (non-hydrogen) atoms. The highest BCUT2D eigenvalue weighted by atomic mass is 127. The van der Waals surface area contributed by atoms with E-state index in [2.05, 4.69) is 34.4 Å². The lowest BCUT2D eigenvalue weighted by Crippen LogP contribution is -2.50. The van der Waals surface area contributed by atoms with Gasteiger partial charge >= 0.3 is 6.09 Å². The number of rotatable bonds is 2. The van der Waals surface area contributed by atoms with Gasteiger partial charge in [0.1, 0.15) is 5.60 Å². The molecule has 1 aliphatic heterocycles. The molecule has 1 aromatic rings. The van der Waals surface area contributed by atoms with Crippen LogP contribution < -0.4 is 4.90 Å². The number of hydrogen-bond acceptors (Lipinski definition) is 4. The van der Waals surface area contributed by atoms with Crippen LogP contribution in [0.1, 0.15) is 47.8 Å². The Kier molecular flexibility index (Phi) is 6.01. The molecule has 0 aliphatic carbocycles. The van der Waals surface area contributed by atoms with Crippen LogP contribution in [0.3, 0.4) is 0 Å². The Bertz CT molecular complexity index is 687. The smallest absolute Gasteiger partial charge is 0.410 e. The molecule has 1 saturated heterocycles. The highest BCUT2D eigenvalue weighted by Crippen LogP contribution is 2.34. The van der Waals surface area contributed by atoms with E-state index in [4.69, 9.17) is 4.74 Å². The zero-order valence-corrected chi connectivity index (χ0v) is 18.1. The molecule has 0 aromatic heterocycles. The molecule has 0 radical (unpaired) electrons. The lowest BCUT2D eigenvalue weighted by molar-refractivity contribution is 0.0240. The van der Waals surface area contributed by atoms with Crippen LogP contribution in [0.25, 0.3) is 0 Å². The minimum atomic E-state index is -0.479. The van der Waals surface area contributed by atoms with Crippen LogP contribution in [-0.2, 0) is 4.74 Å². The standard InChI is InChI=1S/C19H27IN2O3/c1-12-15(11-23)13(2)17(14(3)16(12)20)21-7-9-22(10-8-21)18(24)25-19(4,5)6/h11H,7-10H2,1-6H3. The Morgan fingerprint density at radius 2 is 1.60 bits per heavy atom. The first-order chi connectivity index (χ1) is 11.6. The number of aldehydes is 1. The zero-order valence-electron chi connectivity index (χ0n) is 15.9. The van der Waals surface area contributed by atoms with Crippen molar-refractivity contribution in [3.63, 3.8) is 0 Å². The highest BCUT2D eigenvalue weighted by Gasteiger charge is 2.28. The molecule has 0 atom stereocenters. The predicted molar refractivity (Wildman–Crippen MR) is 109 cm³/mol. The van der Waals surface area contributed by atoms with Gasteiger partial charge in [0.2, 0.25) is 0 Å². The summed E-state index contributed by atoms with van der Waals surface area (Å²) in [6, 6.07) is 0. The molecule has 0 N–H and O–H groups in total. The van der Waals surface area contributed by atoms with Gasteiger partial charge in [0.25, 0.3) is 0 Å². The number of nitrogens with zero attached hydrogens (tertiary/aromatic N) is 2. The summed E-state index contributed by atoms with van der Waals surface area (Å²) < 4.78 is 6.59. The molecule has 0 spiro atoms. The van der Waals surface area contributed by atoms with Crippen molar-refractivity contribution in [2.45, 2.75) is 47.1 Å². The maximum Gasteiger partial charge on any atom is 0.410 e. The van der Waals surface area contributed by atoms with Crippen molar-refractivity contribution >= 4 is 40.7 Å². The number of piperazine rings is 1. The van der Waals surface area contributed by atoms with Crippen LogP contribution >= 0.6 is 22.6 Å². The first-order valence-electron chi connectivity index (χ1n) is 8.54. The first kappa shape index (κ1) is 20.0. The van der Waals surface area contributed by atoms with E-state index in [0.717, 1.165) is 45.3 Å². The molecule has 1 aliphatic rings. The van der Waals surface area contributed by atoms with Crippen molar-refractivity contribution in [3.8, 4) is 0 Å². The Morgan fingerprint density at radius 1 is 1.04 bits per heavy atom. The molecule has 138 valence electrons. The molecular weight excluding hydrogens is 431 g/mol. The summed E-state index contributed by atoms with van der Waals surface area (Å²) in [7, 11) is 0. The van der Waals surface area contributed by atoms with Crippen LogP contribution in [0.4, 0.5) is 10.5 Å². The van der Waals surface area contributed by atoms with Gasteiger partial charge in [0.05, 0.1) is 0 Å². The summed E-state index contributed by atoms with van der Waals surface area (Å²) in [6.45, 7) is 14.5. The number of ether oxygens (including phenoxy) is 1. The van der Waals surface area contributed by atoms with Crippen molar-refractivity contribution in [2.75, 3.05) is 31.1 Å². The Hall–Kier alpha value is -1.31. The van der Waals surface area contributed by atoms with E-state index in [9.17, 15) is 9.59 Å². The van der Waals surface area contributed by atoms with E-state index in [1.165, 1.54) is 5.56 Å². The predicted octanol–water partition coefficient (Wildman–Crippen LogP) is 4.09. The van der Waals surface area contributed by atoms with Crippen molar-refractivity contribution in [2.24, 2.45) is 0 Å². The number of amides is 1. The molecule has 0 bridgehead atoms. The van der Waals surface area contributed by atoms with Crippen molar-refractivity contribution < 1.29 is 14.3 Å². The fraction of sp³-hybridized carbons (Fsp3) is 0.579. The Labute approximate surface area is 163 Å². The SMILES string of the molecule is Cc1c(I)c(C)c(N2CCN(C(=O)OC(C)(C)C)CC2)c(C)c1C=O. The lowest BCUT2D eigenvalue weighted by atomic mass is 9.97. The van der Waals surface area contributed by atoms with Crippen LogP contribution in [0, 0.1) is 24.3 Å². The third kappa shape index (κ3) is 4.27. The lowest BCUT2D eigenvalue weighted by Gasteiger charge is -2.38. The molecule has 1 fully saturated rings. The topological polar surface area (TPSA) is 49.9 Å². The van der Waals surface area contributed by atoms with E-state index in [1.807, 2.05) is 34.6 Å². The van der Waals surface area contributed by atoms with Crippen molar-refractivity contribution in [3.05, 3.63) is 25.8 Å². The van der Waals surface area contributed by atoms with Crippen molar-refractivity contribution in [1.29, 1.82) is 0 Å². The van der Waals surface area contributed by atoms with Gasteiger partial charge in [-0.3, -0.25) is 4.79 Å². The average molecular weight is 458 g/mol. The van der Waals surface area contributed by atoms with E-state index >= 15 is 0 Å². The van der Waals surface area contributed by atoms with Gasteiger partial charge in [-0.2, -0.15) is 0 Å². The number of benzene rings is 1. The monoisotopic (exact) mass is 458 g/mol. The molecule has 1 aromatic carbocycles. The van der Waals surface area contributed by atoms with Crippen molar-refractivity contribution in [1.82, 2.24) is 4.90 Å². The van der Waals surface area contributed by atoms with Crippen LogP contribution in [-0.4, -0.2) is 49.1 Å². The minimum Gasteiger partial charge on any atom is -0.444 e. The average Bonchev–Trinajstić information content (AvgIpc) is 2.52.